The molecule has 0 spiro atoms. The quantitative estimate of drug-likeness (QED) is 0.501. The van der Waals surface area contributed by atoms with Crippen LogP contribution < -0.4 is 0 Å². The van der Waals surface area contributed by atoms with Crippen molar-refractivity contribution in [1.82, 2.24) is 0 Å². The monoisotopic (exact) mass is 281 g/mol. The van der Waals surface area contributed by atoms with E-state index >= 15 is 0 Å². The minimum absolute atomic E-state index is 0.190. The molecular formula is C16H11NO2S. The number of nitro groups is 1. The fourth-order valence-electron chi connectivity index (χ4n) is 2.09. The summed E-state index contributed by atoms with van der Waals surface area (Å²) in [6.45, 7) is 0. The van der Waals surface area contributed by atoms with Crippen molar-refractivity contribution >= 4 is 16.3 Å². The summed E-state index contributed by atoms with van der Waals surface area (Å²) in [6.07, 6.45) is 0. The van der Waals surface area contributed by atoms with E-state index in [0.717, 1.165) is 16.0 Å². The van der Waals surface area contributed by atoms with Crippen LogP contribution in [0.25, 0.3) is 21.6 Å². The Morgan fingerprint density at radius 1 is 0.850 bits per heavy atom. The van der Waals surface area contributed by atoms with Crippen LogP contribution >= 0.6 is 11.3 Å². The number of hydrogen-bond acceptors (Lipinski definition) is 3. The molecule has 0 bridgehead atoms. The lowest BCUT2D eigenvalue weighted by molar-refractivity contribution is -0.379. The molecule has 98 valence electrons. The van der Waals surface area contributed by atoms with Crippen molar-refractivity contribution in [2.75, 3.05) is 0 Å². The van der Waals surface area contributed by atoms with E-state index in [0.29, 0.717) is 5.56 Å². The number of benzene rings is 2. The van der Waals surface area contributed by atoms with E-state index in [1.807, 2.05) is 66.7 Å². The van der Waals surface area contributed by atoms with Gasteiger partial charge in [-0.2, -0.15) is 0 Å². The van der Waals surface area contributed by atoms with Crippen molar-refractivity contribution in [1.29, 1.82) is 0 Å². The van der Waals surface area contributed by atoms with E-state index in [-0.39, 0.29) is 9.92 Å². The normalized spacial score (nSPS) is 10.4. The van der Waals surface area contributed by atoms with E-state index in [9.17, 15) is 10.1 Å². The van der Waals surface area contributed by atoms with Gasteiger partial charge in [0.15, 0.2) is 0 Å². The zero-order valence-electron chi connectivity index (χ0n) is 10.5. The van der Waals surface area contributed by atoms with Crippen LogP contribution in [0.15, 0.2) is 66.7 Å². The molecule has 0 N–H and O–H groups in total. The molecule has 0 radical (unpaired) electrons. The van der Waals surface area contributed by atoms with Crippen LogP contribution in [0.4, 0.5) is 5.00 Å². The van der Waals surface area contributed by atoms with Crippen LogP contribution in [0.2, 0.25) is 0 Å². The molecule has 2 aromatic carbocycles. The van der Waals surface area contributed by atoms with Gasteiger partial charge in [-0.3, -0.25) is 10.1 Å². The first-order chi connectivity index (χ1) is 9.75. The lowest BCUT2D eigenvalue weighted by Crippen LogP contribution is -1.86. The summed E-state index contributed by atoms with van der Waals surface area (Å²) in [5, 5.41) is 11.4. The smallest absolute Gasteiger partial charge is 0.258 e. The molecule has 1 heterocycles. The van der Waals surface area contributed by atoms with Gasteiger partial charge in [-0.15, -0.1) is 0 Å². The standard InChI is InChI=1S/C16H11NO2S/c18-17(19)16-14(12-7-3-1-4-8-12)11-15(20-16)13-9-5-2-6-10-13/h1-11H. The van der Waals surface area contributed by atoms with Gasteiger partial charge in [-0.25, -0.2) is 0 Å². The molecule has 0 aliphatic carbocycles. The Bertz CT molecular complexity index is 736. The Balaban J connectivity index is 2.15. The zero-order valence-corrected chi connectivity index (χ0v) is 11.3. The number of rotatable bonds is 3. The summed E-state index contributed by atoms with van der Waals surface area (Å²) < 4.78 is 0. The van der Waals surface area contributed by atoms with E-state index in [2.05, 4.69) is 0 Å². The van der Waals surface area contributed by atoms with E-state index in [1.165, 1.54) is 11.3 Å². The summed E-state index contributed by atoms with van der Waals surface area (Å²) in [5.41, 5.74) is 2.56. The van der Waals surface area contributed by atoms with Gasteiger partial charge in [0.25, 0.3) is 0 Å². The summed E-state index contributed by atoms with van der Waals surface area (Å²) in [4.78, 5) is 11.9. The zero-order chi connectivity index (χ0) is 13.9. The fraction of sp³-hybridized carbons (Fsp3) is 0. The molecule has 0 amide bonds. The lowest BCUT2D eigenvalue weighted by Gasteiger charge is -1.96. The van der Waals surface area contributed by atoms with Crippen LogP contribution in [0.3, 0.4) is 0 Å². The molecule has 4 heteroatoms. The molecule has 0 aliphatic heterocycles. The topological polar surface area (TPSA) is 43.1 Å². The average molecular weight is 281 g/mol. The van der Waals surface area contributed by atoms with E-state index < -0.39 is 0 Å². The van der Waals surface area contributed by atoms with E-state index in [4.69, 9.17) is 0 Å². The maximum atomic E-state index is 11.3. The second-order valence-electron chi connectivity index (χ2n) is 4.32. The van der Waals surface area contributed by atoms with Gasteiger partial charge in [0.2, 0.25) is 0 Å². The van der Waals surface area contributed by atoms with Crippen molar-refractivity contribution in [3.05, 3.63) is 76.8 Å². The molecule has 0 saturated heterocycles. The third kappa shape index (κ3) is 2.33. The molecule has 1 aromatic heterocycles. The van der Waals surface area contributed by atoms with Gasteiger partial charge < -0.3 is 0 Å². The Morgan fingerprint density at radius 2 is 1.40 bits per heavy atom. The molecular weight excluding hydrogens is 270 g/mol. The molecule has 3 nitrogen and oxygen atoms in total. The van der Waals surface area contributed by atoms with Gasteiger partial charge in [0.1, 0.15) is 0 Å². The van der Waals surface area contributed by atoms with Crippen LogP contribution in [0.5, 0.6) is 0 Å². The van der Waals surface area contributed by atoms with Crippen molar-refractivity contribution in [3.8, 4) is 21.6 Å². The predicted octanol–water partition coefficient (Wildman–Crippen LogP) is 4.99. The SMILES string of the molecule is O=[N+]([O-])c1sc(-c2ccccc2)cc1-c1ccccc1. The number of hydrogen-bond donors (Lipinski definition) is 0. The molecule has 0 fully saturated rings. The van der Waals surface area contributed by atoms with Gasteiger partial charge in [-0.1, -0.05) is 72.0 Å². The molecule has 0 atom stereocenters. The highest BCUT2D eigenvalue weighted by molar-refractivity contribution is 7.19. The van der Waals surface area contributed by atoms with Crippen LogP contribution in [0.1, 0.15) is 0 Å². The largest absolute Gasteiger partial charge is 0.332 e. The highest BCUT2D eigenvalue weighted by Crippen LogP contribution is 2.42. The maximum Gasteiger partial charge on any atom is 0.332 e. The lowest BCUT2D eigenvalue weighted by atomic mass is 10.1. The Morgan fingerprint density at radius 3 is 1.95 bits per heavy atom. The van der Waals surface area contributed by atoms with Crippen molar-refractivity contribution in [2.45, 2.75) is 0 Å². The van der Waals surface area contributed by atoms with Crippen LogP contribution in [0, 0.1) is 10.1 Å². The van der Waals surface area contributed by atoms with Gasteiger partial charge in [-0.05, 0) is 17.2 Å². The molecule has 0 unspecified atom stereocenters. The first-order valence-electron chi connectivity index (χ1n) is 6.15. The predicted molar refractivity (Wildman–Crippen MR) is 81.8 cm³/mol. The second kappa shape index (κ2) is 5.27. The third-order valence-electron chi connectivity index (χ3n) is 3.02. The first kappa shape index (κ1) is 12.6. The van der Waals surface area contributed by atoms with Gasteiger partial charge in [0.05, 0.1) is 10.5 Å². The minimum atomic E-state index is -0.306. The summed E-state index contributed by atoms with van der Waals surface area (Å²) in [6, 6.07) is 21.1. The highest BCUT2D eigenvalue weighted by atomic mass is 32.1. The van der Waals surface area contributed by atoms with Gasteiger partial charge >= 0.3 is 5.00 Å². The minimum Gasteiger partial charge on any atom is -0.258 e. The van der Waals surface area contributed by atoms with Crippen molar-refractivity contribution in [3.63, 3.8) is 0 Å². The van der Waals surface area contributed by atoms with Crippen molar-refractivity contribution < 1.29 is 4.92 Å². The summed E-state index contributed by atoms with van der Waals surface area (Å²) in [5.74, 6) is 0. The molecule has 0 aliphatic rings. The molecule has 20 heavy (non-hydrogen) atoms. The summed E-state index contributed by atoms with van der Waals surface area (Å²) in [7, 11) is 0. The van der Waals surface area contributed by atoms with Crippen molar-refractivity contribution in [2.24, 2.45) is 0 Å². The molecule has 0 saturated carbocycles. The second-order valence-corrected chi connectivity index (χ2v) is 5.35. The van der Waals surface area contributed by atoms with Gasteiger partial charge in [0, 0.05) is 4.88 Å². The van der Waals surface area contributed by atoms with E-state index in [1.54, 1.807) is 0 Å². The average Bonchev–Trinajstić information content (AvgIpc) is 2.94. The Kier molecular flexibility index (Phi) is 3.31. The van der Waals surface area contributed by atoms with Crippen LogP contribution in [-0.4, -0.2) is 4.92 Å². The molecule has 3 rings (SSSR count). The summed E-state index contributed by atoms with van der Waals surface area (Å²) >= 11 is 1.22. The number of thiophene rings is 1. The molecule has 3 aromatic rings. The fourth-order valence-corrected chi connectivity index (χ4v) is 3.09. The Labute approximate surface area is 120 Å². The third-order valence-corrected chi connectivity index (χ3v) is 4.16. The van der Waals surface area contributed by atoms with Crippen LogP contribution in [-0.2, 0) is 0 Å². The first-order valence-corrected chi connectivity index (χ1v) is 6.96. The number of nitrogens with zero attached hydrogens (tertiary/aromatic N) is 1. The maximum absolute atomic E-state index is 11.3. The Hall–Kier alpha value is -2.46. The highest BCUT2D eigenvalue weighted by Gasteiger charge is 2.20.